The van der Waals surface area contributed by atoms with Crippen LogP contribution in [0.3, 0.4) is 0 Å². The summed E-state index contributed by atoms with van der Waals surface area (Å²) in [5.74, 6) is -0.481. The van der Waals surface area contributed by atoms with E-state index in [1.807, 2.05) is 24.3 Å². The smallest absolute Gasteiger partial charge is 0.340 e. The van der Waals surface area contributed by atoms with Crippen LogP contribution >= 0.6 is 23.4 Å². The van der Waals surface area contributed by atoms with Crippen LogP contribution in [0.2, 0.25) is 5.02 Å². The molecule has 4 rings (SSSR count). The first-order valence-corrected chi connectivity index (χ1v) is 12.7. The summed E-state index contributed by atoms with van der Waals surface area (Å²) < 4.78 is 37.4. The van der Waals surface area contributed by atoms with Crippen molar-refractivity contribution >= 4 is 50.9 Å². The number of hydrogen-bond acceptors (Lipinski definition) is 7. The normalized spacial score (nSPS) is 17.0. The fraction of sp³-hybridized carbons (Fsp3) is 0.333. The number of carbonyl (C=O) groups is 2. The minimum Gasteiger partial charge on any atom is -0.452 e. The molecule has 0 saturated carbocycles. The molecule has 2 aliphatic rings. The Kier molecular flexibility index (Phi) is 7.06. The van der Waals surface area contributed by atoms with Gasteiger partial charge in [-0.2, -0.15) is 4.31 Å². The number of morpholine rings is 1. The maximum Gasteiger partial charge on any atom is 0.340 e. The van der Waals surface area contributed by atoms with E-state index >= 15 is 0 Å². The largest absolute Gasteiger partial charge is 0.452 e. The van der Waals surface area contributed by atoms with Crippen LogP contribution in [0.1, 0.15) is 10.4 Å². The number of thioether (sulfide) groups is 1. The Morgan fingerprint density at radius 3 is 2.62 bits per heavy atom. The highest BCUT2D eigenvalue weighted by Gasteiger charge is 2.29. The van der Waals surface area contributed by atoms with Gasteiger partial charge in [0.05, 0.1) is 34.4 Å². The Morgan fingerprint density at radius 1 is 1.09 bits per heavy atom. The minimum absolute atomic E-state index is 0.0445. The van der Waals surface area contributed by atoms with Crippen molar-refractivity contribution in [2.45, 2.75) is 9.79 Å². The van der Waals surface area contributed by atoms with Gasteiger partial charge in [-0.1, -0.05) is 23.7 Å². The molecule has 8 nitrogen and oxygen atoms in total. The van der Waals surface area contributed by atoms with Crippen molar-refractivity contribution < 1.29 is 27.5 Å². The number of anilines is 1. The van der Waals surface area contributed by atoms with Gasteiger partial charge >= 0.3 is 5.97 Å². The summed E-state index contributed by atoms with van der Waals surface area (Å²) in [7, 11) is -3.81. The average molecular weight is 497 g/mol. The van der Waals surface area contributed by atoms with Gasteiger partial charge in [-0.05, 0) is 30.3 Å². The van der Waals surface area contributed by atoms with Gasteiger partial charge in [0.1, 0.15) is 0 Å². The molecule has 0 atom stereocenters. The lowest BCUT2D eigenvalue weighted by Gasteiger charge is -2.28. The topological polar surface area (TPSA) is 93.2 Å². The second kappa shape index (κ2) is 9.80. The molecule has 0 spiro atoms. The Hall–Kier alpha value is -2.11. The van der Waals surface area contributed by atoms with E-state index in [1.54, 1.807) is 16.7 Å². The van der Waals surface area contributed by atoms with Crippen molar-refractivity contribution in [3.8, 4) is 0 Å². The zero-order chi connectivity index (χ0) is 22.7. The Morgan fingerprint density at radius 2 is 1.84 bits per heavy atom. The van der Waals surface area contributed by atoms with E-state index in [0.717, 1.165) is 16.3 Å². The predicted molar refractivity (Wildman–Crippen MR) is 121 cm³/mol. The maximum absolute atomic E-state index is 12.9. The van der Waals surface area contributed by atoms with Crippen LogP contribution in [0.5, 0.6) is 0 Å². The number of sulfonamides is 1. The molecular formula is C21H21ClN2O6S2. The summed E-state index contributed by atoms with van der Waals surface area (Å²) in [5.41, 5.74) is 0.671. The average Bonchev–Trinajstić information content (AvgIpc) is 2.82. The number of rotatable bonds is 5. The number of amides is 1. The van der Waals surface area contributed by atoms with Crippen molar-refractivity contribution in [3.05, 3.63) is 53.1 Å². The molecule has 1 fully saturated rings. The van der Waals surface area contributed by atoms with Crippen LogP contribution in [-0.2, 0) is 24.3 Å². The lowest BCUT2D eigenvalue weighted by Crippen LogP contribution is -2.40. The summed E-state index contributed by atoms with van der Waals surface area (Å²) in [4.78, 5) is 27.9. The van der Waals surface area contributed by atoms with Gasteiger partial charge in [-0.25, -0.2) is 13.2 Å². The third-order valence-corrected chi connectivity index (χ3v) is 8.39. The Balaban J connectivity index is 1.47. The van der Waals surface area contributed by atoms with E-state index in [4.69, 9.17) is 21.1 Å². The number of halogens is 1. The Bertz CT molecular complexity index is 1130. The first kappa shape index (κ1) is 23.1. The first-order chi connectivity index (χ1) is 15.4. The molecule has 0 radical (unpaired) electrons. The van der Waals surface area contributed by atoms with Crippen LogP contribution in [0, 0.1) is 0 Å². The van der Waals surface area contributed by atoms with Crippen molar-refractivity contribution in [1.29, 1.82) is 0 Å². The molecule has 11 heteroatoms. The third kappa shape index (κ3) is 4.79. The molecular weight excluding hydrogens is 476 g/mol. The summed E-state index contributed by atoms with van der Waals surface area (Å²) >= 11 is 7.79. The second-order valence-corrected chi connectivity index (χ2v) is 10.6. The monoisotopic (exact) mass is 496 g/mol. The quantitative estimate of drug-likeness (QED) is 0.587. The number of hydrogen-bond donors (Lipinski definition) is 0. The van der Waals surface area contributed by atoms with Crippen LogP contribution in [0.25, 0.3) is 0 Å². The highest BCUT2D eigenvalue weighted by molar-refractivity contribution is 7.99. The highest BCUT2D eigenvalue weighted by Crippen LogP contribution is 2.34. The molecule has 0 N–H and O–H groups in total. The molecule has 0 aromatic heterocycles. The number of para-hydroxylation sites is 1. The summed E-state index contributed by atoms with van der Waals surface area (Å²) in [6, 6.07) is 11.4. The number of ether oxygens (including phenoxy) is 2. The summed E-state index contributed by atoms with van der Waals surface area (Å²) in [6.45, 7) is 1.11. The zero-order valence-electron chi connectivity index (χ0n) is 17.0. The lowest BCUT2D eigenvalue weighted by molar-refractivity contribution is -0.121. The van der Waals surface area contributed by atoms with E-state index in [9.17, 15) is 18.0 Å². The van der Waals surface area contributed by atoms with Crippen LogP contribution in [0.4, 0.5) is 5.69 Å². The third-order valence-electron chi connectivity index (χ3n) is 5.12. The SMILES string of the molecule is O=C(OCC(=O)N1CCSc2ccccc21)c1cc(S(=O)(=O)N2CCOCC2)ccc1Cl. The fourth-order valence-electron chi connectivity index (χ4n) is 3.47. The molecule has 2 aromatic carbocycles. The van der Waals surface area contributed by atoms with E-state index in [-0.39, 0.29) is 34.5 Å². The second-order valence-electron chi connectivity index (χ2n) is 7.10. The number of carbonyl (C=O) groups excluding carboxylic acids is 2. The predicted octanol–water partition coefficient (Wildman–Crippen LogP) is 2.66. The van der Waals surface area contributed by atoms with Gasteiger partial charge < -0.3 is 14.4 Å². The van der Waals surface area contributed by atoms with Crippen molar-refractivity contribution in [2.24, 2.45) is 0 Å². The van der Waals surface area contributed by atoms with Crippen molar-refractivity contribution in [3.63, 3.8) is 0 Å². The molecule has 0 bridgehead atoms. The van der Waals surface area contributed by atoms with Gasteiger partial charge in [0.15, 0.2) is 6.61 Å². The first-order valence-electron chi connectivity index (χ1n) is 9.95. The molecule has 1 saturated heterocycles. The molecule has 170 valence electrons. The van der Waals surface area contributed by atoms with Crippen molar-refractivity contribution in [1.82, 2.24) is 4.31 Å². The molecule has 2 aliphatic heterocycles. The zero-order valence-corrected chi connectivity index (χ0v) is 19.4. The number of nitrogens with zero attached hydrogens (tertiary/aromatic N) is 2. The van der Waals surface area contributed by atoms with Gasteiger partial charge in [-0.15, -0.1) is 11.8 Å². The van der Waals surface area contributed by atoms with Crippen LogP contribution in [0.15, 0.2) is 52.3 Å². The molecule has 2 heterocycles. The Labute approximate surface area is 195 Å². The minimum atomic E-state index is -3.81. The number of fused-ring (bicyclic) bond motifs is 1. The molecule has 32 heavy (non-hydrogen) atoms. The molecule has 2 aromatic rings. The molecule has 0 aliphatic carbocycles. The van der Waals surface area contributed by atoms with E-state index in [1.165, 1.54) is 22.5 Å². The summed E-state index contributed by atoms with van der Waals surface area (Å²) in [6.07, 6.45) is 0. The van der Waals surface area contributed by atoms with Crippen molar-refractivity contribution in [2.75, 3.05) is 50.1 Å². The van der Waals surface area contributed by atoms with Gasteiger partial charge in [-0.3, -0.25) is 4.79 Å². The lowest BCUT2D eigenvalue weighted by atomic mass is 10.2. The van der Waals surface area contributed by atoms with Gasteiger partial charge in [0.25, 0.3) is 5.91 Å². The molecule has 1 amide bonds. The van der Waals surface area contributed by atoms with E-state index < -0.39 is 22.6 Å². The fourth-order valence-corrected chi connectivity index (χ4v) is 6.09. The van der Waals surface area contributed by atoms with Crippen LogP contribution < -0.4 is 4.90 Å². The summed E-state index contributed by atoms with van der Waals surface area (Å²) in [5, 5.41) is 0.0445. The van der Waals surface area contributed by atoms with Gasteiger partial charge in [0, 0.05) is 30.3 Å². The standard InChI is InChI=1S/C21H21ClN2O6S2/c22-17-6-5-15(32(27,28)23-7-10-29-11-8-23)13-16(17)21(26)30-14-20(25)24-9-12-31-19-4-2-1-3-18(19)24/h1-6,13H,7-12,14H2. The number of benzene rings is 2. The van der Waals surface area contributed by atoms with Crippen LogP contribution in [-0.4, -0.2) is 69.8 Å². The highest BCUT2D eigenvalue weighted by atomic mass is 35.5. The van der Waals surface area contributed by atoms with E-state index in [0.29, 0.717) is 19.8 Å². The van der Waals surface area contributed by atoms with E-state index in [2.05, 4.69) is 0 Å². The molecule has 0 unspecified atom stereocenters. The van der Waals surface area contributed by atoms with Gasteiger partial charge in [0.2, 0.25) is 10.0 Å². The maximum atomic E-state index is 12.9. The number of esters is 1.